The summed E-state index contributed by atoms with van der Waals surface area (Å²) in [6, 6.07) is 7.73. The van der Waals surface area contributed by atoms with Gasteiger partial charge in [0.15, 0.2) is 0 Å². The molecule has 0 bridgehead atoms. The van der Waals surface area contributed by atoms with Gasteiger partial charge in [0.1, 0.15) is 0 Å². The number of aromatic nitrogens is 1. The van der Waals surface area contributed by atoms with Crippen LogP contribution in [0.1, 0.15) is 36.0 Å². The van der Waals surface area contributed by atoms with E-state index in [9.17, 15) is 9.90 Å². The fourth-order valence-corrected chi connectivity index (χ4v) is 4.14. The molecular weight excluding hydrogens is 302 g/mol. The van der Waals surface area contributed by atoms with Gasteiger partial charge in [0.2, 0.25) is 0 Å². The third kappa shape index (κ3) is 3.06. The Morgan fingerprint density at radius 2 is 2.00 bits per heavy atom. The lowest BCUT2D eigenvalue weighted by atomic mass is 9.91. The average molecular weight is 327 g/mol. The summed E-state index contributed by atoms with van der Waals surface area (Å²) in [6.07, 6.45) is 5.96. The van der Waals surface area contributed by atoms with Gasteiger partial charge in [0.05, 0.1) is 12.1 Å². The van der Waals surface area contributed by atoms with Crippen LogP contribution < -0.4 is 0 Å². The summed E-state index contributed by atoms with van der Waals surface area (Å²) in [7, 11) is 0. The average Bonchev–Trinajstić information content (AvgIpc) is 3.24. The second-order valence-corrected chi connectivity index (χ2v) is 7.32. The third-order valence-corrected chi connectivity index (χ3v) is 5.36. The quantitative estimate of drug-likeness (QED) is 0.909. The van der Waals surface area contributed by atoms with Crippen molar-refractivity contribution < 1.29 is 9.90 Å². The van der Waals surface area contributed by atoms with Crippen LogP contribution in [-0.2, 0) is 0 Å². The molecule has 2 aliphatic heterocycles. The smallest absolute Gasteiger partial charge is 0.253 e. The number of β-amino-alcohol motifs (C(OH)–C–C–N with tert-alkyl or cyclic N) is 1. The Balaban J connectivity index is 1.49. The largest absolute Gasteiger partial charge is 0.387 e. The summed E-state index contributed by atoms with van der Waals surface area (Å²) in [5, 5.41) is 12.0. The first-order valence-electron chi connectivity index (χ1n) is 8.94. The molecule has 1 aromatic carbocycles. The number of piperidine rings is 1. The number of H-pyrrole nitrogens is 1. The standard InChI is InChI=1S/C19H25N3O2/c23-18(16-4-5-17-15(12-16)6-8-20-17)22-11-3-7-19(24,14-22)13-21-9-1-2-10-21/h4-6,8,12,20,24H,1-3,7,9-11,13-14H2/t19-/m0/s1. The minimum Gasteiger partial charge on any atom is -0.387 e. The van der Waals surface area contributed by atoms with Crippen LogP contribution in [0, 0.1) is 0 Å². The Hall–Kier alpha value is -1.85. The third-order valence-electron chi connectivity index (χ3n) is 5.36. The molecule has 0 unspecified atom stereocenters. The number of fused-ring (bicyclic) bond motifs is 1. The lowest BCUT2D eigenvalue weighted by Crippen LogP contribution is -2.55. The molecule has 1 aromatic heterocycles. The minimum absolute atomic E-state index is 0.0256. The summed E-state index contributed by atoms with van der Waals surface area (Å²) in [5.41, 5.74) is 0.972. The maximum absolute atomic E-state index is 12.9. The lowest BCUT2D eigenvalue weighted by Gasteiger charge is -2.41. The van der Waals surface area contributed by atoms with E-state index in [4.69, 9.17) is 0 Å². The zero-order valence-corrected chi connectivity index (χ0v) is 14.0. The van der Waals surface area contributed by atoms with Crippen LogP contribution in [0.3, 0.4) is 0 Å². The Morgan fingerprint density at radius 1 is 1.17 bits per heavy atom. The van der Waals surface area contributed by atoms with Crippen LogP contribution in [0.25, 0.3) is 10.9 Å². The van der Waals surface area contributed by atoms with E-state index in [1.54, 1.807) is 0 Å². The molecule has 2 aliphatic rings. The number of likely N-dealkylation sites (tertiary alicyclic amines) is 2. The number of nitrogens with zero attached hydrogens (tertiary/aromatic N) is 2. The van der Waals surface area contributed by atoms with Crippen molar-refractivity contribution in [1.29, 1.82) is 0 Å². The predicted molar refractivity (Wildman–Crippen MR) is 94.1 cm³/mol. The van der Waals surface area contributed by atoms with Crippen molar-refractivity contribution in [3.8, 4) is 0 Å². The summed E-state index contributed by atoms with van der Waals surface area (Å²) < 4.78 is 0. The van der Waals surface area contributed by atoms with Crippen LogP contribution in [0.5, 0.6) is 0 Å². The van der Waals surface area contributed by atoms with Crippen molar-refractivity contribution in [2.45, 2.75) is 31.3 Å². The number of amides is 1. The van der Waals surface area contributed by atoms with Gasteiger partial charge in [0.25, 0.3) is 5.91 Å². The molecule has 5 heteroatoms. The fourth-order valence-electron chi connectivity index (χ4n) is 4.14. The number of nitrogens with one attached hydrogen (secondary N) is 1. The van der Waals surface area contributed by atoms with Gasteiger partial charge in [-0.05, 0) is 63.0 Å². The summed E-state index contributed by atoms with van der Waals surface area (Å²) >= 11 is 0. The highest BCUT2D eigenvalue weighted by Crippen LogP contribution is 2.26. The maximum atomic E-state index is 12.9. The van der Waals surface area contributed by atoms with E-state index < -0.39 is 5.60 Å². The summed E-state index contributed by atoms with van der Waals surface area (Å²) in [4.78, 5) is 20.2. The van der Waals surface area contributed by atoms with Gasteiger partial charge < -0.3 is 19.9 Å². The normalized spacial score (nSPS) is 25.5. The van der Waals surface area contributed by atoms with E-state index in [1.807, 2.05) is 35.4 Å². The number of hydrogen-bond donors (Lipinski definition) is 2. The molecule has 2 aromatic rings. The van der Waals surface area contributed by atoms with Crippen LogP contribution in [0.15, 0.2) is 30.5 Å². The van der Waals surface area contributed by atoms with E-state index in [-0.39, 0.29) is 5.91 Å². The number of carbonyl (C=O) groups is 1. The van der Waals surface area contributed by atoms with E-state index in [0.29, 0.717) is 18.7 Å². The topological polar surface area (TPSA) is 59.6 Å². The molecule has 4 rings (SSSR count). The first-order chi connectivity index (χ1) is 11.6. The molecule has 3 heterocycles. The highest BCUT2D eigenvalue weighted by atomic mass is 16.3. The summed E-state index contributed by atoms with van der Waals surface area (Å²) in [5.74, 6) is 0.0256. The van der Waals surface area contributed by atoms with Crippen LogP contribution in [-0.4, -0.2) is 64.1 Å². The van der Waals surface area contributed by atoms with Gasteiger partial charge in [-0.15, -0.1) is 0 Å². The van der Waals surface area contributed by atoms with Crippen molar-refractivity contribution in [3.05, 3.63) is 36.0 Å². The van der Waals surface area contributed by atoms with Crippen molar-refractivity contribution in [1.82, 2.24) is 14.8 Å². The Bertz CT molecular complexity index is 735. The molecule has 1 amide bonds. The molecule has 0 saturated carbocycles. The zero-order chi connectivity index (χ0) is 16.6. The van der Waals surface area contributed by atoms with Gasteiger partial charge >= 0.3 is 0 Å². The van der Waals surface area contributed by atoms with Crippen LogP contribution >= 0.6 is 0 Å². The minimum atomic E-state index is -0.767. The maximum Gasteiger partial charge on any atom is 0.253 e. The number of rotatable bonds is 3. The van der Waals surface area contributed by atoms with Crippen molar-refractivity contribution in [3.63, 3.8) is 0 Å². The van der Waals surface area contributed by atoms with Crippen LogP contribution in [0.2, 0.25) is 0 Å². The van der Waals surface area contributed by atoms with Gasteiger partial charge in [-0.25, -0.2) is 0 Å². The van der Waals surface area contributed by atoms with Gasteiger partial charge in [-0.1, -0.05) is 0 Å². The molecule has 2 saturated heterocycles. The van der Waals surface area contributed by atoms with Crippen molar-refractivity contribution in [2.24, 2.45) is 0 Å². The molecule has 5 nitrogen and oxygen atoms in total. The van der Waals surface area contributed by atoms with E-state index in [2.05, 4.69) is 9.88 Å². The zero-order valence-electron chi connectivity index (χ0n) is 14.0. The highest BCUT2D eigenvalue weighted by Gasteiger charge is 2.37. The number of hydrogen-bond acceptors (Lipinski definition) is 3. The number of carbonyl (C=O) groups excluding carboxylic acids is 1. The van der Waals surface area contributed by atoms with Crippen LogP contribution in [0.4, 0.5) is 0 Å². The monoisotopic (exact) mass is 327 g/mol. The molecule has 0 aliphatic carbocycles. The van der Waals surface area contributed by atoms with Gasteiger partial charge in [0, 0.05) is 35.8 Å². The molecule has 128 valence electrons. The van der Waals surface area contributed by atoms with Gasteiger partial charge in [-0.3, -0.25) is 4.79 Å². The summed E-state index contributed by atoms with van der Waals surface area (Å²) in [6.45, 7) is 3.99. The second kappa shape index (κ2) is 6.22. The SMILES string of the molecule is O=C(c1ccc2[nH]ccc2c1)N1CCC[C@](O)(CN2CCCC2)C1. The number of aliphatic hydroxyl groups is 1. The number of aromatic amines is 1. The van der Waals surface area contributed by atoms with E-state index in [1.165, 1.54) is 12.8 Å². The Labute approximate surface area is 142 Å². The molecule has 24 heavy (non-hydrogen) atoms. The van der Waals surface area contributed by atoms with E-state index >= 15 is 0 Å². The predicted octanol–water partition coefficient (Wildman–Crippen LogP) is 2.23. The van der Waals surface area contributed by atoms with Crippen molar-refractivity contribution in [2.75, 3.05) is 32.7 Å². The molecule has 2 N–H and O–H groups in total. The van der Waals surface area contributed by atoms with Gasteiger partial charge in [-0.2, -0.15) is 0 Å². The first kappa shape index (κ1) is 15.7. The number of benzene rings is 1. The molecule has 2 fully saturated rings. The first-order valence-corrected chi connectivity index (χ1v) is 8.94. The fraction of sp³-hybridized carbons (Fsp3) is 0.526. The molecule has 0 radical (unpaired) electrons. The highest BCUT2D eigenvalue weighted by molar-refractivity contribution is 5.98. The molecule has 0 spiro atoms. The Morgan fingerprint density at radius 3 is 2.83 bits per heavy atom. The lowest BCUT2D eigenvalue weighted by molar-refractivity contribution is -0.0431. The second-order valence-electron chi connectivity index (χ2n) is 7.32. The Kier molecular flexibility index (Phi) is 4.06. The van der Waals surface area contributed by atoms with E-state index in [0.717, 1.165) is 43.4 Å². The molecule has 1 atom stereocenters. The molecular formula is C19H25N3O2. The van der Waals surface area contributed by atoms with Crippen molar-refractivity contribution >= 4 is 16.8 Å².